The zero-order chi connectivity index (χ0) is 53.0. The number of rotatable bonds is 53. The van der Waals surface area contributed by atoms with E-state index in [0.717, 1.165) is 63.4 Å². The van der Waals surface area contributed by atoms with Crippen LogP contribution in [0.5, 0.6) is 0 Å². The summed E-state index contributed by atoms with van der Waals surface area (Å²) >= 11 is 0. The molecule has 0 radical (unpaired) electrons. The number of esters is 3. The Hall–Kier alpha value is -3.63. The topological polar surface area (TPSA) is 146 Å². The number of nitrogens with one attached hydrogen (secondary N) is 2. The molecule has 0 aromatic heterocycles. The first-order chi connectivity index (χ1) is 35.7. The highest BCUT2D eigenvalue weighted by Crippen LogP contribution is 2.18. The fraction of sp³-hybridized carbons (Fsp3) is 0.823. The van der Waals surface area contributed by atoms with Gasteiger partial charge in [0, 0.05) is 19.3 Å². The summed E-state index contributed by atoms with van der Waals surface area (Å²) in [6.45, 7) is 5.15. The largest absolute Gasteiger partial charge is 0.463 e. The molecule has 1 aromatic rings. The number of hydrogen-bond donors (Lipinski definition) is 2. The Bertz CT molecular complexity index is 1340. The molecule has 0 unspecified atom stereocenters. The summed E-state index contributed by atoms with van der Waals surface area (Å²) in [5.74, 6) is -1.98. The summed E-state index contributed by atoms with van der Waals surface area (Å²) in [5.41, 5.74) is -0.793. The first-order valence-electron chi connectivity index (χ1n) is 30.5. The van der Waals surface area contributed by atoms with E-state index in [9.17, 15) is 24.0 Å². The fourth-order valence-electron chi connectivity index (χ4n) is 9.23. The molecule has 0 atom stereocenters. The number of amides is 2. The normalized spacial score (nSPS) is 11.3. The van der Waals surface area contributed by atoms with E-state index in [0.29, 0.717) is 19.3 Å². The number of carbonyl (C=O) groups is 5. The second-order valence-corrected chi connectivity index (χ2v) is 21.2. The minimum absolute atomic E-state index is 0.0256. The molecule has 0 saturated carbocycles. The molecule has 1 rings (SSSR count). The van der Waals surface area contributed by atoms with Gasteiger partial charge in [0.15, 0.2) is 0 Å². The number of carbonyl (C=O) groups excluding carboxylic acids is 5. The first-order valence-corrected chi connectivity index (χ1v) is 30.5. The van der Waals surface area contributed by atoms with E-state index in [4.69, 9.17) is 18.9 Å². The Morgan fingerprint density at radius 3 is 0.932 bits per heavy atom. The van der Waals surface area contributed by atoms with E-state index in [2.05, 4.69) is 31.4 Å². The summed E-state index contributed by atoms with van der Waals surface area (Å²) in [6.07, 6.45) is 46.2. The molecule has 2 amide bonds. The molecule has 0 aliphatic rings. The maximum absolute atomic E-state index is 13.6. The molecule has 0 fully saturated rings. The van der Waals surface area contributed by atoms with Crippen LogP contribution in [0.25, 0.3) is 0 Å². The van der Waals surface area contributed by atoms with Crippen LogP contribution < -0.4 is 10.6 Å². The van der Waals surface area contributed by atoms with Crippen LogP contribution >= 0.6 is 0 Å². The lowest BCUT2D eigenvalue weighted by Gasteiger charge is -2.33. The highest BCUT2D eigenvalue weighted by molar-refractivity contribution is 5.83. The van der Waals surface area contributed by atoms with Gasteiger partial charge in [0.2, 0.25) is 5.91 Å². The van der Waals surface area contributed by atoms with E-state index in [-0.39, 0.29) is 45.7 Å². The van der Waals surface area contributed by atoms with Crippen molar-refractivity contribution in [1.82, 2.24) is 10.6 Å². The lowest BCUT2D eigenvalue weighted by molar-refractivity contribution is -0.159. The van der Waals surface area contributed by atoms with Gasteiger partial charge in [0.25, 0.3) is 0 Å². The summed E-state index contributed by atoms with van der Waals surface area (Å²) in [4.78, 5) is 65.9. The second kappa shape index (κ2) is 50.5. The average molecular weight is 1030 g/mol. The van der Waals surface area contributed by atoms with Crippen LogP contribution in [0.2, 0.25) is 0 Å². The molecule has 0 aliphatic carbocycles. The van der Waals surface area contributed by atoms with Crippen LogP contribution in [0.3, 0.4) is 0 Å². The zero-order valence-corrected chi connectivity index (χ0v) is 47.3. The lowest BCUT2D eigenvalue weighted by Crippen LogP contribution is -2.60. The maximum Gasteiger partial charge on any atom is 0.407 e. The van der Waals surface area contributed by atoms with Gasteiger partial charge in [-0.2, -0.15) is 0 Å². The van der Waals surface area contributed by atoms with E-state index < -0.39 is 42.0 Å². The molecule has 0 bridgehead atoms. The second-order valence-electron chi connectivity index (χ2n) is 21.2. The van der Waals surface area contributed by atoms with E-state index in [1.165, 1.54) is 173 Å². The molecule has 0 aliphatic heterocycles. The van der Waals surface area contributed by atoms with E-state index >= 15 is 0 Å². The maximum atomic E-state index is 13.6. The van der Waals surface area contributed by atoms with Crippen molar-refractivity contribution in [2.75, 3.05) is 26.4 Å². The highest BCUT2D eigenvalue weighted by atomic mass is 16.6. The molecule has 0 heterocycles. The summed E-state index contributed by atoms with van der Waals surface area (Å²) in [5, 5.41) is 5.31. The van der Waals surface area contributed by atoms with Gasteiger partial charge in [0.1, 0.15) is 38.5 Å². The van der Waals surface area contributed by atoms with Gasteiger partial charge < -0.3 is 29.6 Å². The SMILES string of the molecule is CCCCCCCCCCCCCCCC(=O)OCC(COC(=O)CCCCCCCCCCCCCCC)(COC(=O)CCCCCCCCCCCCCCC)NC(=O)CNC(=O)OCc1ccccc1. The summed E-state index contributed by atoms with van der Waals surface area (Å²) in [6, 6.07) is 9.21. The van der Waals surface area contributed by atoms with Crippen molar-refractivity contribution >= 4 is 29.9 Å². The summed E-state index contributed by atoms with van der Waals surface area (Å²) < 4.78 is 22.7. The van der Waals surface area contributed by atoms with Gasteiger partial charge in [-0.3, -0.25) is 19.2 Å². The lowest BCUT2D eigenvalue weighted by atomic mass is 10.0. The van der Waals surface area contributed by atoms with Crippen molar-refractivity contribution < 1.29 is 42.9 Å². The van der Waals surface area contributed by atoms with Crippen molar-refractivity contribution in [3.63, 3.8) is 0 Å². The third-order valence-corrected chi connectivity index (χ3v) is 14.0. The number of hydrogen-bond acceptors (Lipinski definition) is 9. The Morgan fingerprint density at radius 1 is 0.370 bits per heavy atom. The van der Waals surface area contributed by atoms with Crippen LogP contribution in [0.4, 0.5) is 4.79 Å². The summed E-state index contributed by atoms with van der Waals surface area (Å²) in [7, 11) is 0. The fourth-order valence-corrected chi connectivity index (χ4v) is 9.23. The van der Waals surface area contributed by atoms with Gasteiger partial charge >= 0.3 is 24.0 Å². The smallest absolute Gasteiger partial charge is 0.407 e. The van der Waals surface area contributed by atoms with Crippen molar-refractivity contribution in [2.24, 2.45) is 0 Å². The third-order valence-electron chi connectivity index (χ3n) is 14.0. The Morgan fingerprint density at radius 2 is 0.644 bits per heavy atom. The van der Waals surface area contributed by atoms with Crippen molar-refractivity contribution in [3.05, 3.63) is 35.9 Å². The van der Waals surface area contributed by atoms with Gasteiger partial charge in [-0.15, -0.1) is 0 Å². The monoisotopic (exact) mass is 1030 g/mol. The zero-order valence-electron chi connectivity index (χ0n) is 47.3. The van der Waals surface area contributed by atoms with Crippen LogP contribution in [-0.2, 0) is 44.7 Å². The molecule has 0 saturated heterocycles. The molecule has 1 aromatic carbocycles. The van der Waals surface area contributed by atoms with Crippen molar-refractivity contribution in [2.45, 2.75) is 303 Å². The molecule has 11 heteroatoms. The Kier molecular flexibility index (Phi) is 46.6. The highest BCUT2D eigenvalue weighted by Gasteiger charge is 2.38. The van der Waals surface area contributed by atoms with Gasteiger partial charge in [-0.05, 0) is 24.8 Å². The average Bonchev–Trinajstić information content (AvgIpc) is 3.39. The quantitative estimate of drug-likeness (QED) is 0.0370. The molecular weight excluding hydrogens is 917 g/mol. The molecular formula is C62H110N2O9. The number of ether oxygens (including phenoxy) is 4. The molecule has 73 heavy (non-hydrogen) atoms. The van der Waals surface area contributed by atoms with Crippen molar-refractivity contribution in [1.29, 1.82) is 0 Å². The van der Waals surface area contributed by atoms with E-state index in [1.54, 1.807) is 0 Å². The molecule has 422 valence electrons. The third kappa shape index (κ3) is 44.4. The van der Waals surface area contributed by atoms with Crippen LogP contribution in [0, 0.1) is 0 Å². The molecule has 11 nitrogen and oxygen atoms in total. The number of benzene rings is 1. The predicted octanol–water partition coefficient (Wildman–Crippen LogP) is 16.8. The van der Waals surface area contributed by atoms with Crippen LogP contribution in [-0.4, -0.2) is 61.8 Å². The minimum atomic E-state index is -1.59. The van der Waals surface area contributed by atoms with Crippen molar-refractivity contribution in [3.8, 4) is 0 Å². The number of alkyl carbamates (subject to hydrolysis) is 1. The minimum Gasteiger partial charge on any atom is -0.463 e. The van der Waals surface area contributed by atoms with Crippen LogP contribution in [0.15, 0.2) is 30.3 Å². The van der Waals surface area contributed by atoms with Gasteiger partial charge in [-0.25, -0.2) is 4.79 Å². The van der Waals surface area contributed by atoms with Gasteiger partial charge in [0.05, 0.1) is 0 Å². The van der Waals surface area contributed by atoms with Gasteiger partial charge in [-0.1, -0.05) is 282 Å². The van der Waals surface area contributed by atoms with Crippen LogP contribution in [0.1, 0.15) is 296 Å². The number of unbranched alkanes of at least 4 members (excludes halogenated alkanes) is 36. The predicted molar refractivity (Wildman–Crippen MR) is 299 cm³/mol. The first kappa shape index (κ1) is 67.4. The standard InChI is InChI=1S/C62H110N2O9/c1-4-7-10-13-16-19-22-25-28-31-34-37-43-48-58(66)71-53-62(64-57(65)51-63-61(69)70-52-56-46-41-40-42-47-56,54-72-59(67)49-44-38-35-32-29-26-23-20-17-14-11-8-5-2)55-73-60(68)50-45-39-36-33-30-27-24-21-18-15-12-9-6-3/h40-42,46-47H,4-39,43-45,48-55H2,1-3H3,(H,63,69)(H,64,65). The molecule has 0 spiro atoms. The Labute approximate surface area is 446 Å². The Balaban J connectivity index is 2.85. The van der Waals surface area contributed by atoms with E-state index in [1.807, 2.05) is 30.3 Å². The molecule has 2 N–H and O–H groups in total.